The summed E-state index contributed by atoms with van der Waals surface area (Å²) in [5.41, 5.74) is 0. The number of hydrogen-bond donors (Lipinski definition) is 0. The standard InChI is InChI=1S/C10H22O4Si2/c1-8-6-9-10(12-8)7-11-15(2,3)14-16(4,5)13-9/h8-10H,6-7H2,1-5H3/t8-,9+,10+/m0/s1. The van der Waals surface area contributed by atoms with E-state index in [1.54, 1.807) is 0 Å². The van der Waals surface area contributed by atoms with Crippen LogP contribution in [0, 0.1) is 0 Å². The van der Waals surface area contributed by atoms with Crippen LogP contribution in [-0.4, -0.2) is 42.0 Å². The molecule has 2 fully saturated rings. The van der Waals surface area contributed by atoms with Crippen molar-refractivity contribution in [1.29, 1.82) is 0 Å². The minimum atomic E-state index is -2.07. The number of hydrogen-bond acceptors (Lipinski definition) is 4. The van der Waals surface area contributed by atoms with E-state index in [1.807, 2.05) is 0 Å². The second-order valence-corrected chi connectivity index (χ2v) is 12.5. The molecule has 0 saturated carbocycles. The van der Waals surface area contributed by atoms with Crippen LogP contribution in [0.5, 0.6) is 0 Å². The average Bonchev–Trinajstić information content (AvgIpc) is 2.38. The van der Waals surface area contributed by atoms with Crippen LogP contribution in [0.4, 0.5) is 0 Å². The quantitative estimate of drug-likeness (QED) is 0.626. The largest absolute Gasteiger partial charge is 0.415 e. The molecular formula is C10H22O4Si2. The molecule has 2 aliphatic heterocycles. The molecule has 2 heterocycles. The van der Waals surface area contributed by atoms with Crippen LogP contribution in [0.15, 0.2) is 0 Å². The first-order valence-electron chi connectivity index (χ1n) is 5.95. The Morgan fingerprint density at radius 2 is 1.69 bits per heavy atom. The first-order valence-corrected chi connectivity index (χ1v) is 11.6. The first-order chi connectivity index (χ1) is 7.27. The third-order valence-corrected chi connectivity index (χ3v) is 8.57. The van der Waals surface area contributed by atoms with Crippen LogP contribution in [0.1, 0.15) is 13.3 Å². The Kier molecular flexibility index (Phi) is 3.33. The summed E-state index contributed by atoms with van der Waals surface area (Å²) in [5, 5.41) is 0. The van der Waals surface area contributed by atoms with Crippen molar-refractivity contribution in [2.24, 2.45) is 0 Å². The molecule has 0 amide bonds. The fourth-order valence-electron chi connectivity index (χ4n) is 2.48. The topological polar surface area (TPSA) is 36.9 Å². The van der Waals surface area contributed by atoms with Crippen LogP contribution in [-0.2, 0) is 17.7 Å². The summed E-state index contributed by atoms with van der Waals surface area (Å²) in [6.07, 6.45) is 1.47. The Hall–Kier alpha value is 0.274. The van der Waals surface area contributed by atoms with Gasteiger partial charge in [0.1, 0.15) is 6.10 Å². The summed E-state index contributed by atoms with van der Waals surface area (Å²) in [4.78, 5) is 0. The molecule has 4 nitrogen and oxygen atoms in total. The lowest BCUT2D eigenvalue weighted by molar-refractivity contribution is -0.0272. The zero-order chi connectivity index (χ0) is 12.0. The maximum Gasteiger partial charge on any atom is 0.323 e. The summed E-state index contributed by atoms with van der Waals surface area (Å²) in [7, 11) is -4.10. The summed E-state index contributed by atoms with van der Waals surface area (Å²) < 4.78 is 24.0. The molecule has 0 bridgehead atoms. The van der Waals surface area contributed by atoms with Gasteiger partial charge in [0.05, 0.1) is 18.8 Å². The average molecular weight is 262 g/mol. The molecular weight excluding hydrogens is 240 g/mol. The van der Waals surface area contributed by atoms with Crippen LogP contribution in [0.2, 0.25) is 26.2 Å². The van der Waals surface area contributed by atoms with Crippen molar-refractivity contribution in [2.75, 3.05) is 6.61 Å². The van der Waals surface area contributed by atoms with Crippen molar-refractivity contribution in [1.82, 2.24) is 0 Å². The van der Waals surface area contributed by atoms with E-state index in [-0.39, 0.29) is 18.3 Å². The Balaban J connectivity index is 2.12. The van der Waals surface area contributed by atoms with Gasteiger partial charge in [-0.2, -0.15) is 0 Å². The molecule has 0 aliphatic carbocycles. The zero-order valence-electron chi connectivity index (χ0n) is 10.8. The van der Waals surface area contributed by atoms with Gasteiger partial charge < -0.3 is 17.7 Å². The molecule has 0 N–H and O–H groups in total. The monoisotopic (exact) mass is 262 g/mol. The zero-order valence-corrected chi connectivity index (χ0v) is 12.8. The third kappa shape index (κ3) is 2.93. The van der Waals surface area contributed by atoms with Crippen LogP contribution >= 0.6 is 0 Å². The van der Waals surface area contributed by atoms with Gasteiger partial charge in [0.25, 0.3) is 0 Å². The lowest BCUT2D eigenvalue weighted by Gasteiger charge is -2.39. The predicted octanol–water partition coefficient (Wildman–Crippen LogP) is 2.00. The van der Waals surface area contributed by atoms with Crippen molar-refractivity contribution in [3.8, 4) is 0 Å². The Morgan fingerprint density at radius 3 is 2.38 bits per heavy atom. The minimum absolute atomic E-state index is 0.0949. The first kappa shape index (κ1) is 12.7. The predicted molar refractivity (Wildman–Crippen MR) is 65.8 cm³/mol. The van der Waals surface area contributed by atoms with E-state index in [9.17, 15) is 0 Å². The SMILES string of the molecule is C[C@H]1C[C@H]2O[Si](C)(C)O[Si](C)(C)OC[C@H]2O1. The maximum atomic E-state index is 6.16. The molecule has 0 unspecified atom stereocenters. The molecule has 2 saturated heterocycles. The molecule has 16 heavy (non-hydrogen) atoms. The van der Waals surface area contributed by atoms with Crippen molar-refractivity contribution in [3.63, 3.8) is 0 Å². The van der Waals surface area contributed by atoms with Gasteiger partial charge in [-0.3, -0.25) is 0 Å². The molecule has 0 aromatic heterocycles. The highest BCUT2D eigenvalue weighted by Gasteiger charge is 2.46. The summed E-state index contributed by atoms with van der Waals surface area (Å²) >= 11 is 0. The highest BCUT2D eigenvalue weighted by Crippen LogP contribution is 2.30. The molecule has 0 aromatic carbocycles. The lowest BCUT2D eigenvalue weighted by atomic mass is 10.1. The summed E-state index contributed by atoms with van der Waals surface area (Å²) in [6.45, 7) is 11.0. The van der Waals surface area contributed by atoms with E-state index >= 15 is 0 Å². The van der Waals surface area contributed by atoms with E-state index in [0.29, 0.717) is 6.61 Å². The second kappa shape index (κ2) is 4.18. The molecule has 2 aliphatic rings. The van der Waals surface area contributed by atoms with E-state index in [1.165, 1.54) is 0 Å². The van der Waals surface area contributed by atoms with Crippen LogP contribution in [0.25, 0.3) is 0 Å². The highest BCUT2D eigenvalue weighted by molar-refractivity contribution is 6.78. The minimum Gasteiger partial charge on any atom is -0.415 e. The fourth-order valence-corrected chi connectivity index (χ4v) is 9.19. The van der Waals surface area contributed by atoms with E-state index in [4.69, 9.17) is 17.7 Å². The van der Waals surface area contributed by atoms with E-state index < -0.39 is 17.1 Å². The smallest absolute Gasteiger partial charge is 0.323 e. The lowest BCUT2D eigenvalue weighted by Crippen LogP contribution is -2.55. The second-order valence-electron chi connectivity index (χ2n) is 5.59. The van der Waals surface area contributed by atoms with Crippen molar-refractivity contribution in [2.45, 2.75) is 57.8 Å². The van der Waals surface area contributed by atoms with Crippen LogP contribution in [0.3, 0.4) is 0 Å². The number of rotatable bonds is 0. The molecule has 94 valence electrons. The maximum absolute atomic E-state index is 6.16. The van der Waals surface area contributed by atoms with Crippen LogP contribution < -0.4 is 0 Å². The van der Waals surface area contributed by atoms with Crippen molar-refractivity contribution >= 4 is 17.1 Å². The van der Waals surface area contributed by atoms with Crippen molar-refractivity contribution in [3.05, 3.63) is 0 Å². The van der Waals surface area contributed by atoms with Gasteiger partial charge >= 0.3 is 17.1 Å². The molecule has 0 radical (unpaired) electrons. The normalized spacial score (nSPS) is 42.2. The van der Waals surface area contributed by atoms with Gasteiger partial charge in [-0.05, 0) is 33.1 Å². The van der Waals surface area contributed by atoms with Gasteiger partial charge in [-0.25, -0.2) is 0 Å². The van der Waals surface area contributed by atoms with Gasteiger partial charge in [-0.1, -0.05) is 0 Å². The Labute approximate surface area is 99.7 Å². The summed E-state index contributed by atoms with van der Waals surface area (Å²) in [6, 6.07) is 0. The Morgan fingerprint density at radius 1 is 1.00 bits per heavy atom. The molecule has 2 rings (SSSR count). The number of ether oxygens (including phenoxy) is 1. The molecule has 0 aromatic rings. The van der Waals surface area contributed by atoms with Gasteiger partial charge in [-0.15, -0.1) is 0 Å². The molecule has 6 heteroatoms. The van der Waals surface area contributed by atoms with Gasteiger partial charge in [0.15, 0.2) is 0 Å². The summed E-state index contributed by atoms with van der Waals surface area (Å²) in [5.74, 6) is 0. The van der Waals surface area contributed by atoms with Gasteiger partial charge in [0.2, 0.25) is 0 Å². The highest BCUT2D eigenvalue weighted by atomic mass is 28.5. The molecule has 0 spiro atoms. The molecule has 3 atom stereocenters. The Bertz CT molecular complexity index is 270. The van der Waals surface area contributed by atoms with E-state index in [2.05, 4.69) is 33.1 Å². The van der Waals surface area contributed by atoms with E-state index in [0.717, 1.165) is 6.42 Å². The van der Waals surface area contributed by atoms with Crippen molar-refractivity contribution < 1.29 is 17.7 Å². The third-order valence-electron chi connectivity index (χ3n) is 2.91. The van der Waals surface area contributed by atoms with Gasteiger partial charge in [0, 0.05) is 6.42 Å². The fraction of sp³-hybridized carbons (Fsp3) is 1.00. The number of fused-ring (bicyclic) bond motifs is 1.